The second-order valence-electron chi connectivity index (χ2n) is 5.34. The number of unbranched alkanes of at least 4 members (excludes halogenated alkanes) is 4. The third-order valence-corrected chi connectivity index (χ3v) is 5.34. The van der Waals surface area contributed by atoms with Gasteiger partial charge in [0.15, 0.2) is 4.34 Å². The van der Waals surface area contributed by atoms with Crippen LogP contribution in [0.25, 0.3) is 6.08 Å². The minimum Gasteiger partial charge on any atom is -0.360 e. The molecule has 0 spiro atoms. The third-order valence-electron chi connectivity index (χ3n) is 3.38. The topological polar surface area (TPSA) is 37.8 Å². The molecule has 0 unspecified atom stereocenters. The molecule has 1 aromatic carbocycles. The SMILES string of the molecule is CCCCCCCNc1nnc(SC/C=C/c2ccccc2)s1. The molecule has 1 heterocycles. The Morgan fingerprint density at radius 3 is 2.74 bits per heavy atom. The van der Waals surface area contributed by atoms with Gasteiger partial charge in [-0.15, -0.1) is 10.2 Å². The van der Waals surface area contributed by atoms with Crippen molar-refractivity contribution >= 4 is 34.3 Å². The molecule has 0 radical (unpaired) electrons. The van der Waals surface area contributed by atoms with E-state index in [-0.39, 0.29) is 0 Å². The fourth-order valence-electron chi connectivity index (χ4n) is 2.13. The fourth-order valence-corrected chi connectivity index (χ4v) is 3.74. The molecular weight excluding hydrogens is 322 g/mol. The number of hydrogen-bond acceptors (Lipinski definition) is 5. The molecule has 0 bridgehead atoms. The van der Waals surface area contributed by atoms with E-state index in [1.165, 1.54) is 37.7 Å². The lowest BCUT2D eigenvalue weighted by atomic mass is 10.1. The summed E-state index contributed by atoms with van der Waals surface area (Å²) in [7, 11) is 0. The van der Waals surface area contributed by atoms with Gasteiger partial charge in [-0.2, -0.15) is 0 Å². The van der Waals surface area contributed by atoms with Gasteiger partial charge in [-0.05, 0) is 12.0 Å². The van der Waals surface area contributed by atoms with Gasteiger partial charge in [0.25, 0.3) is 0 Å². The monoisotopic (exact) mass is 347 g/mol. The van der Waals surface area contributed by atoms with Crippen molar-refractivity contribution in [1.82, 2.24) is 10.2 Å². The van der Waals surface area contributed by atoms with Crippen LogP contribution in [0.15, 0.2) is 40.7 Å². The van der Waals surface area contributed by atoms with Crippen LogP contribution in [0.4, 0.5) is 5.13 Å². The first-order chi connectivity index (χ1) is 11.4. The van der Waals surface area contributed by atoms with Crippen LogP contribution in [0.3, 0.4) is 0 Å². The summed E-state index contributed by atoms with van der Waals surface area (Å²) in [5.41, 5.74) is 1.23. The van der Waals surface area contributed by atoms with Crippen LogP contribution < -0.4 is 5.32 Å². The summed E-state index contributed by atoms with van der Waals surface area (Å²) in [6.45, 7) is 3.24. The molecule has 0 atom stereocenters. The molecule has 0 saturated heterocycles. The normalized spacial score (nSPS) is 11.2. The van der Waals surface area contributed by atoms with Crippen molar-refractivity contribution in [3.63, 3.8) is 0 Å². The highest BCUT2D eigenvalue weighted by Crippen LogP contribution is 2.25. The molecule has 3 nitrogen and oxygen atoms in total. The Morgan fingerprint density at radius 1 is 1.09 bits per heavy atom. The van der Waals surface area contributed by atoms with Gasteiger partial charge in [0.1, 0.15) is 0 Å². The van der Waals surface area contributed by atoms with Crippen LogP contribution >= 0.6 is 23.1 Å². The molecule has 0 saturated carbocycles. The van der Waals surface area contributed by atoms with Crippen LogP contribution in [0.1, 0.15) is 44.6 Å². The highest BCUT2D eigenvalue weighted by Gasteiger charge is 2.03. The Balaban J connectivity index is 1.62. The Labute approximate surface area is 147 Å². The highest BCUT2D eigenvalue weighted by atomic mass is 32.2. The molecule has 0 amide bonds. The minimum atomic E-state index is 0.917. The van der Waals surface area contributed by atoms with Gasteiger partial charge in [0.2, 0.25) is 5.13 Å². The van der Waals surface area contributed by atoms with Crippen molar-refractivity contribution in [3.05, 3.63) is 42.0 Å². The molecule has 0 aliphatic carbocycles. The molecule has 0 aliphatic heterocycles. The summed E-state index contributed by atoms with van der Waals surface area (Å²) in [5.74, 6) is 0.917. The molecular formula is C18H25N3S2. The van der Waals surface area contributed by atoms with E-state index in [2.05, 4.69) is 58.9 Å². The molecule has 5 heteroatoms. The Kier molecular flexibility index (Phi) is 8.81. The molecule has 1 aromatic heterocycles. The van der Waals surface area contributed by atoms with Crippen molar-refractivity contribution in [3.8, 4) is 0 Å². The van der Waals surface area contributed by atoms with E-state index in [9.17, 15) is 0 Å². The molecule has 0 aliphatic rings. The van der Waals surface area contributed by atoms with Gasteiger partial charge < -0.3 is 5.32 Å². The second kappa shape index (κ2) is 11.2. The maximum atomic E-state index is 4.22. The standard InChI is InChI=1S/C18H25N3S2/c1-2-3-4-5-9-14-19-17-20-21-18(23-17)22-15-10-13-16-11-7-6-8-12-16/h6-8,10-13H,2-5,9,14-15H2,1H3,(H,19,20)/b13-10+. The van der Waals surface area contributed by atoms with E-state index in [1.807, 2.05) is 6.07 Å². The predicted molar refractivity (Wildman–Crippen MR) is 103 cm³/mol. The lowest BCUT2D eigenvalue weighted by Gasteiger charge is -2.01. The first-order valence-corrected chi connectivity index (χ1v) is 10.1. The zero-order valence-corrected chi connectivity index (χ0v) is 15.3. The number of aromatic nitrogens is 2. The number of anilines is 1. The van der Waals surface area contributed by atoms with Crippen molar-refractivity contribution in [2.24, 2.45) is 0 Å². The zero-order valence-electron chi connectivity index (χ0n) is 13.7. The quantitative estimate of drug-likeness (QED) is 0.416. The largest absolute Gasteiger partial charge is 0.360 e. The van der Waals surface area contributed by atoms with Crippen LogP contribution in [-0.4, -0.2) is 22.5 Å². The van der Waals surface area contributed by atoms with Crippen LogP contribution in [0, 0.1) is 0 Å². The van der Waals surface area contributed by atoms with Gasteiger partial charge in [-0.25, -0.2) is 0 Å². The van der Waals surface area contributed by atoms with E-state index < -0.39 is 0 Å². The van der Waals surface area contributed by atoms with Crippen LogP contribution in [0.2, 0.25) is 0 Å². The maximum Gasteiger partial charge on any atom is 0.206 e. The number of nitrogens with zero attached hydrogens (tertiary/aromatic N) is 2. The first kappa shape index (κ1) is 18.0. The molecule has 2 rings (SSSR count). The first-order valence-electron chi connectivity index (χ1n) is 8.30. The molecule has 23 heavy (non-hydrogen) atoms. The lowest BCUT2D eigenvalue weighted by molar-refractivity contribution is 0.645. The predicted octanol–water partition coefficient (Wildman–Crippen LogP) is 5.73. The van der Waals surface area contributed by atoms with Gasteiger partial charge >= 0.3 is 0 Å². The lowest BCUT2D eigenvalue weighted by Crippen LogP contribution is -2.00. The maximum absolute atomic E-state index is 4.22. The molecule has 1 N–H and O–H groups in total. The summed E-state index contributed by atoms with van der Waals surface area (Å²) < 4.78 is 1.02. The van der Waals surface area contributed by atoms with Gasteiger partial charge in [0, 0.05) is 12.3 Å². The highest BCUT2D eigenvalue weighted by molar-refractivity contribution is 8.01. The number of nitrogens with one attached hydrogen (secondary N) is 1. The molecule has 2 aromatic rings. The van der Waals surface area contributed by atoms with Gasteiger partial charge in [0.05, 0.1) is 0 Å². The second-order valence-corrected chi connectivity index (χ2v) is 7.58. The van der Waals surface area contributed by atoms with Crippen LogP contribution in [0.5, 0.6) is 0 Å². The minimum absolute atomic E-state index is 0.917. The Morgan fingerprint density at radius 2 is 1.91 bits per heavy atom. The molecule has 0 fully saturated rings. The van der Waals surface area contributed by atoms with Gasteiger partial charge in [-0.1, -0.05) is 98.2 Å². The Hall–Kier alpha value is -1.33. The van der Waals surface area contributed by atoms with Crippen molar-refractivity contribution in [2.75, 3.05) is 17.6 Å². The summed E-state index contributed by atoms with van der Waals surface area (Å²) in [6.07, 6.45) is 10.8. The fraction of sp³-hybridized carbons (Fsp3) is 0.444. The number of rotatable bonds is 11. The number of thioether (sulfide) groups is 1. The van der Waals surface area contributed by atoms with Crippen molar-refractivity contribution in [2.45, 2.75) is 43.4 Å². The van der Waals surface area contributed by atoms with Crippen molar-refractivity contribution in [1.29, 1.82) is 0 Å². The zero-order chi connectivity index (χ0) is 16.2. The summed E-state index contributed by atoms with van der Waals surface area (Å²) in [4.78, 5) is 0. The van der Waals surface area contributed by atoms with E-state index in [0.29, 0.717) is 0 Å². The van der Waals surface area contributed by atoms with E-state index in [4.69, 9.17) is 0 Å². The summed E-state index contributed by atoms with van der Waals surface area (Å²) in [5, 5.41) is 12.7. The average Bonchev–Trinajstić information content (AvgIpc) is 3.04. The number of benzene rings is 1. The van der Waals surface area contributed by atoms with E-state index >= 15 is 0 Å². The summed E-state index contributed by atoms with van der Waals surface area (Å²) >= 11 is 3.37. The van der Waals surface area contributed by atoms with Gasteiger partial charge in [-0.3, -0.25) is 0 Å². The van der Waals surface area contributed by atoms with E-state index in [0.717, 1.165) is 21.8 Å². The smallest absolute Gasteiger partial charge is 0.206 e. The average molecular weight is 348 g/mol. The van der Waals surface area contributed by atoms with Crippen LogP contribution in [-0.2, 0) is 0 Å². The summed E-state index contributed by atoms with van der Waals surface area (Å²) in [6, 6.07) is 10.4. The Bertz CT molecular complexity index is 567. The third kappa shape index (κ3) is 7.66. The van der Waals surface area contributed by atoms with E-state index in [1.54, 1.807) is 23.1 Å². The molecule has 124 valence electrons. The van der Waals surface area contributed by atoms with Crippen molar-refractivity contribution < 1.29 is 0 Å². The number of hydrogen-bond donors (Lipinski definition) is 1.